The molecule has 4 heterocycles. The van der Waals surface area contributed by atoms with Gasteiger partial charge in [0, 0.05) is 18.8 Å². The Hall–Kier alpha value is -3.37. The van der Waals surface area contributed by atoms with Gasteiger partial charge in [-0.15, -0.1) is 0 Å². The molecule has 1 aromatic carbocycles. The zero-order valence-corrected chi connectivity index (χ0v) is 18.2. The highest BCUT2D eigenvalue weighted by Gasteiger charge is 2.31. The van der Waals surface area contributed by atoms with Gasteiger partial charge in [-0.2, -0.15) is 0 Å². The Bertz CT molecular complexity index is 1240. The van der Waals surface area contributed by atoms with E-state index in [-0.39, 0.29) is 18.7 Å². The number of nitrogens with zero attached hydrogens (tertiary/aromatic N) is 2. The highest BCUT2D eigenvalue weighted by atomic mass is 16.7. The van der Waals surface area contributed by atoms with E-state index in [1.165, 1.54) is 19.2 Å². The second kappa shape index (κ2) is 7.89. The van der Waals surface area contributed by atoms with E-state index in [1.807, 2.05) is 19.1 Å². The van der Waals surface area contributed by atoms with Gasteiger partial charge < -0.3 is 34.9 Å². The third-order valence-corrected chi connectivity index (χ3v) is 6.41. The number of aromatic nitrogens is 3. The molecular weight excluding hydrogens is 426 g/mol. The van der Waals surface area contributed by atoms with Crippen LogP contribution < -0.4 is 24.8 Å². The molecule has 10 nitrogen and oxygen atoms in total. The number of aliphatic hydroxyl groups excluding tert-OH is 1. The van der Waals surface area contributed by atoms with Crippen molar-refractivity contribution in [2.24, 2.45) is 5.92 Å². The number of nitrogens with one attached hydrogen (secondary N) is 3. The number of aryl methyl sites for hydroxylation is 1. The molecule has 172 valence electrons. The number of aliphatic hydroxyl groups is 1. The largest absolute Gasteiger partial charge is 0.492 e. The number of ether oxygens (including phenoxy) is 3. The van der Waals surface area contributed by atoms with E-state index >= 15 is 0 Å². The molecule has 3 aliphatic rings. The summed E-state index contributed by atoms with van der Waals surface area (Å²) in [6.45, 7) is 3.55. The molecule has 2 aromatic heterocycles. The quantitative estimate of drug-likeness (QED) is 0.444. The van der Waals surface area contributed by atoms with E-state index in [0.717, 1.165) is 0 Å². The predicted octanol–water partition coefficient (Wildman–Crippen LogP) is 1.51. The van der Waals surface area contributed by atoms with Crippen LogP contribution in [0.1, 0.15) is 28.9 Å². The number of aromatic amines is 1. The number of hydrogen-bond acceptors (Lipinski definition) is 8. The lowest BCUT2D eigenvalue weighted by Crippen LogP contribution is -2.42. The van der Waals surface area contributed by atoms with Crippen molar-refractivity contribution in [2.45, 2.75) is 31.9 Å². The summed E-state index contributed by atoms with van der Waals surface area (Å²) in [5, 5.41) is 16.1. The maximum atomic E-state index is 13.1. The molecule has 33 heavy (non-hydrogen) atoms. The molecule has 0 unspecified atom stereocenters. The van der Waals surface area contributed by atoms with Crippen molar-refractivity contribution in [3.05, 3.63) is 29.7 Å². The Balaban J connectivity index is 1.43. The first kappa shape index (κ1) is 20.3. The van der Waals surface area contributed by atoms with Crippen molar-refractivity contribution in [1.29, 1.82) is 0 Å². The van der Waals surface area contributed by atoms with Gasteiger partial charge in [-0.25, -0.2) is 9.97 Å². The minimum absolute atomic E-state index is 0.123. The lowest BCUT2D eigenvalue weighted by molar-refractivity contribution is 0.0889. The van der Waals surface area contributed by atoms with Crippen molar-refractivity contribution < 1.29 is 24.1 Å². The normalized spacial score (nSPS) is 21.5. The van der Waals surface area contributed by atoms with Crippen molar-refractivity contribution in [1.82, 2.24) is 25.6 Å². The molecule has 1 saturated heterocycles. The van der Waals surface area contributed by atoms with Crippen LogP contribution in [0.15, 0.2) is 18.5 Å². The van der Waals surface area contributed by atoms with Crippen LogP contribution in [-0.2, 0) is 0 Å². The number of carbonyl (C=O) groups excluding carboxylic acids is 1. The third-order valence-electron chi connectivity index (χ3n) is 6.41. The van der Waals surface area contributed by atoms with E-state index in [1.54, 1.807) is 0 Å². The van der Waals surface area contributed by atoms with Gasteiger partial charge in [0.05, 0.1) is 35.4 Å². The molecule has 4 N–H and O–H groups in total. The van der Waals surface area contributed by atoms with Crippen LogP contribution in [0.4, 0.5) is 0 Å². The van der Waals surface area contributed by atoms with Crippen molar-refractivity contribution in [3.63, 3.8) is 0 Å². The Labute approximate surface area is 189 Å². The van der Waals surface area contributed by atoms with Crippen LogP contribution >= 0.6 is 0 Å². The first-order valence-electron chi connectivity index (χ1n) is 11.2. The summed E-state index contributed by atoms with van der Waals surface area (Å²) in [5.41, 5.74) is 3.47. The summed E-state index contributed by atoms with van der Waals surface area (Å²) in [7, 11) is 0. The number of H-pyrrole nitrogens is 1. The SMILES string of the molecule is Cc1[nH]c2c(-c3c(OCC4CC4)ccc4c3OCO4)ncnc2c1C(=O)N[C@@H]1CNC[C@@H]1O. The summed E-state index contributed by atoms with van der Waals surface area (Å²) >= 11 is 0. The summed E-state index contributed by atoms with van der Waals surface area (Å²) in [5.74, 6) is 2.14. The van der Waals surface area contributed by atoms with Crippen LogP contribution in [0, 0.1) is 12.8 Å². The molecule has 2 aliphatic heterocycles. The maximum Gasteiger partial charge on any atom is 0.255 e. The van der Waals surface area contributed by atoms with Gasteiger partial charge in [0.1, 0.15) is 23.3 Å². The van der Waals surface area contributed by atoms with Gasteiger partial charge in [-0.1, -0.05) is 0 Å². The van der Waals surface area contributed by atoms with Crippen molar-refractivity contribution in [2.75, 3.05) is 26.5 Å². The van der Waals surface area contributed by atoms with E-state index in [0.29, 0.717) is 76.4 Å². The van der Waals surface area contributed by atoms with E-state index in [9.17, 15) is 9.90 Å². The highest BCUT2D eigenvalue weighted by Crippen LogP contribution is 2.48. The molecule has 0 bridgehead atoms. The minimum Gasteiger partial charge on any atom is -0.492 e. The van der Waals surface area contributed by atoms with E-state index in [4.69, 9.17) is 14.2 Å². The third kappa shape index (κ3) is 3.55. The molecular formula is C23H25N5O5. The number of amides is 1. The van der Waals surface area contributed by atoms with Crippen molar-refractivity contribution >= 4 is 16.9 Å². The second-order valence-corrected chi connectivity index (χ2v) is 8.80. The smallest absolute Gasteiger partial charge is 0.255 e. The van der Waals surface area contributed by atoms with Crippen molar-refractivity contribution in [3.8, 4) is 28.5 Å². The zero-order chi connectivity index (χ0) is 22.5. The molecule has 2 atom stereocenters. The Morgan fingerprint density at radius 1 is 1.27 bits per heavy atom. The summed E-state index contributed by atoms with van der Waals surface area (Å²) in [4.78, 5) is 25.4. The Kier molecular flexibility index (Phi) is 4.84. The van der Waals surface area contributed by atoms with Crippen LogP contribution in [0.25, 0.3) is 22.3 Å². The average molecular weight is 451 g/mol. The molecule has 2 fully saturated rings. The lowest BCUT2D eigenvalue weighted by atomic mass is 10.1. The number of rotatable bonds is 6. The number of carbonyl (C=O) groups is 1. The fourth-order valence-corrected chi connectivity index (χ4v) is 4.43. The molecule has 1 saturated carbocycles. The average Bonchev–Trinajstić information content (AvgIpc) is 3.18. The monoisotopic (exact) mass is 451 g/mol. The van der Waals surface area contributed by atoms with Gasteiger partial charge in [-0.05, 0) is 37.8 Å². The molecule has 1 amide bonds. The first-order chi connectivity index (χ1) is 16.1. The standard InChI is InChI=1S/C23H25N5O5/c1-11-17(23(30)28-13-6-24-7-14(13)29)19-21(27-11)20(26-9-25-19)18-15(31-8-12-2-3-12)4-5-16-22(18)33-10-32-16/h4-5,9,12-14,24,27,29H,2-3,6-8,10H2,1H3,(H,28,30)/t13-,14+/m1/s1. The molecule has 10 heteroatoms. The number of β-amino-alcohol motifs (C(OH)–C–C–N with tert-alkyl or cyclic N) is 1. The summed E-state index contributed by atoms with van der Waals surface area (Å²) < 4.78 is 17.5. The van der Waals surface area contributed by atoms with E-state index < -0.39 is 6.10 Å². The molecule has 1 aliphatic carbocycles. The van der Waals surface area contributed by atoms with Gasteiger partial charge >= 0.3 is 0 Å². The number of benzene rings is 1. The Morgan fingerprint density at radius 3 is 2.94 bits per heavy atom. The Morgan fingerprint density at radius 2 is 2.15 bits per heavy atom. The molecule has 0 radical (unpaired) electrons. The summed E-state index contributed by atoms with van der Waals surface area (Å²) in [6, 6.07) is 3.36. The molecule has 3 aromatic rings. The fourth-order valence-electron chi connectivity index (χ4n) is 4.43. The van der Waals surface area contributed by atoms with Gasteiger partial charge in [0.2, 0.25) is 6.79 Å². The summed E-state index contributed by atoms with van der Waals surface area (Å²) in [6.07, 6.45) is 3.17. The first-order valence-corrected chi connectivity index (χ1v) is 11.2. The van der Waals surface area contributed by atoms with Gasteiger partial charge in [0.15, 0.2) is 11.5 Å². The second-order valence-electron chi connectivity index (χ2n) is 8.80. The topological polar surface area (TPSA) is 131 Å². The zero-order valence-electron chi connectivity index (χ0n) is 18.2. The lowest BCUT2D eigenvalue weighted by Gasteiger charge is -2.15. The highest BCUT2D eigenvalue weighted by molar-refractivity contribution is 6.09. The molecule has 0 spiro atoms. The van der Waals surface area contributed by atoms with Crippen LogP contribution in [0.2, 0.25) is 0 Å². The number of fused-ring (bicyclic) bond motifs is 2. The molecule has 6 rings (SSSR count). The van der Waals surface area contributed by atoms with Crippen LogP contribution in [0.5, 0.6) is 17.2 Å². The van der Waals surface area contributed by atoms with Crippen LogP contribution in [0.3, 0.4) is 0 Å². The minimum atomic E-state index is -0.625. The van der Waals surface area contributed by atoms with E-state index in [2.05, 4.69) is 25.6 Å². The fraction of sp³-hybridized carbons (Fsp3) is 0.435. The number of hydrogen-bond donors (Lipinski definition) is 4. The van der Waals surface area contributed by atoms with Gasteiger partial charge in [-0.3, -0.25) is 4.79 Å². The predicted molar refractivity (Wildman–Crippen MR) is 119 cm³/mol. The van der Waals surface area contributed by atoms with Crippen LogP contribution in [-0.4, -0.2) is 64.6 Å². The maximum absolute atomic E-state index is 13.1. The van der Waals surface area contributed by atoms with Gasteiger partial charge in [0.25, 0.3) is 5.91 Å².